The first-order valence-corrected chi connectivity index (χ1v) is 4.92. The highest BCUT2D eigenvalue weighted by Crippen LogP contribution is 2.39. The van der Waals surface area contributed by atoms with E-state index in [1.165, 1.54) is 0 Å². The van der Waals surface area contributed by atoms with Gasteiger partial charge in [0.15, 0.2) is 0 Å². The second-order valence-electron chi connectivity index (χ2n) is 4.94. The van der Waals surface area contributed by atoms with Gasteiger partial charge in [-0.1, -0.05) is 20.8 Å². The van der Waals surface area contributed by atoms with Crippen LogP contribution in [0.25, 0.3) is 0 Å². The number of hydrogen-bond donors (Lipinski definition) is 2. The molecule has 0 amide bonds. The molecule has 1 heterocycles. The Morgan fingerprint density at radius 3 is 2.38 bits per heavy atom. The van der Waals surface area contributed by atoms with Gasteiger partial charge in [0.2, 0.25) is 0 Å². The maximum absolute atomic E-state index is 10.5. The Hall–Kier alpha value is -0.120. The Morgan fingerprint density at radius 2 is 2.08 bits per heavy atom. The van der Waals surface area contributed by atoms with Crippen molar-refractivity contribution in [3.05, 3.63) is 0 Å². The van der Waals surface area contributed by atoms with Crippen molar-refractivity contribution in [1.82, 2.24) is 0 Å². The average Bonchev–Trinajstić information content (AvgIpc) is 2.52. The predicted molar refractivity (Wildman–Crippen MR) is 52.4 cm³/mol. The summed E-state index contributed by atoms with van der Waals surface area (Å²) in [7, 11) is 0. The number of aliphatic hydroxyl groups is 1. The van der Waals surface area contributed by atoms with E-state index in [0.717, 1.165) is 13.0 Å². The summed E-state index contributed by atoms with van der Waals surface area (Å²) in [5.41, 5.74) is 4.70. The van der Waals surface area contributed by atoms with Gasteiger partial charge in [0.1, 0.15) is 0 Å². The van der Waals surface area contributed by atoms with E-state index in [2.05, 4.69) is 0 Å². The summed E-state index contributed by atoms with van der Waals surface area (Å²) in [4.78, 5) is 0. The molecule has 0 aromatic carbocycles. The van der Waals surface area contributed by atoms with E-state index in [0.29, 0.717) is 13.2 Å². The molecule has 0 bridgehead atoms. The number of rotatable bonds is 2. The van der Waals surface area contributed by atoms with E-state index in [1.54, 1.807) is 0 Å². The quantitative estimate of drug-likeness (QED) is 0.671. The molecular formula is C10H21NO2. The summed E-state index contributed by atoms with van der Waals surface area (Å²) in [6, 6.07) is 0. The van der Waals surface area contributed by atoms with Crippen molar-refractivity contribution in [3.8, 4) is 0 Å². The maximum Gasteiger partial charge on any atom is 0.0868 e. The molecule has 2 atom stereocenters. The predicted octanol–water partition coefficient (Wildman–Crippen LogP) is 0.759. The first-order valence-electron chi connectivity index (χ1n) is 4.92. The molecule has 3 N–H and O–H groups in total. The lowest BCUT2D eigenvalue weighted by Gasteiger charge is -2.43. The number of nitrogens with two attached hydrogens (primary N) is 1. The van der Waals surface area contributed by atoms with Crippen molar-refractivity contribution >= 4 is 0 Å². The Labute approximate surface area is 80.3 Å². The molecule has 0 aromatic rings. The van der Waals surface area contributed by atoms with Gasteiger partial charge in [-0.25, -0.2) is 0 Å². The van der Waals surface area contributed by atoms with Crippen molar-refractivity contribution in [1.29, 1.82) is 0 Å². The second kappa shape index (κ2) is 3.56. The molecule has 0 saturated carbocycles. The fourth-order valence-electron chi connectivity index (χ4n) is 2.00. The van der Waals surface area contributed by atoms with Crippen LogP contribution >= 0.6 is 0 Å². The van der Waals surface area contributed by atoms with Gasteiger partial charge < -0.3 is 15.6 Å². The summed E-state index contributed by atoms with van der Waals surface area (Å²) in [6.07, 6.45) is 0.922. The minimum Gasteiger partial charge on any atom is -0.388 e. The van der Waals surface area contributed by atoms with Gasteiger partial charge in [-0.15, -0.1) is 0 Å². The van der Waals surface area contributed by atoms with Crippen molar-refractivity contribution in [3.63, 3.8) is 0 Å². The van der Waals surface area contributed by atoms with Crippen LogP contribution in [0.3, 0.4) is 0 Å². The third kappa shape index (κ3) is 1.87. The van der Waals surface area contributed by atoms with Gasteiger partial charge in [0, 0.05) is 19.1 Å². The summed E-state index contributed by atoms with van der Waals surface area (Å²) >= 11 is 0. The smallest absolute Gasteiger partial charge is 0.0868 e. The van der Waals surface area contributed by atoms with E-state index in [-0.39, 0.29) is 11.3 Å². The molecule has 1 saturated heterocycles. The summed E-state index contributed by atoms with van der Waals surface area (Å²) < 4.78 is 5.28. The zero-order chi connectivity index (χ0) is 10.1. The third-order valence-corrected chi connectivity index (χ3v) is 3.22. The Bertz CT molecular complexity index is 170. The normalized spacial score (nSPS) is 28.8. The lowest BCUT2D eigenvalue weighted by Crippen LogP contribution is -2.55. The molecule has 78 valence electrons. The van der Waals surface area contributed by atoms with Crippen molar-refractivity contribution in [2.24, 2.45) is 17.1 Å². The van der Waals surface area contributed by atoms with E-state index in [4.69, 9.17) is 10.5 Å². The van der Waals surface area contributed by atoms with Gasteiger partial charge in [-0.05, 0) is 11.8 Å². The lowest BCUT2D eigenvalue weighted by molar-refractivity contribution is -0.0971. The molecule has 3 heteroatoms. The van der Waals surface area contributed by atoms with Gasteiger partial charge in [0.05, 0.1) is 12.2 Å². The monoisotopic (exact) mass is 187 g/mol. The molecule has 13 heavy (non-hydrogen) atoms. The van der Waals surface area contributed by atoms with Gasteiger partial charge in [-0.2, -0.15) is 0 Å². The first kappa shape index (κ1) is 11.0. The van der Waals surface area contributed by atoms with Gasteiger partial charge in [-0.3, -0.25) is 0 Å². The van der Waals surface area contributed by atoms with E-state index in [9.17, 15) is 5.11 Å². The van der Waals surface area contributed by atoms with Crippen LogP contribution in [0.5, 0.6) is 0 Å². The van der Waals surface area contributed by atoms with Crippen molar-refractivity contribution in [2.45, 2.75) is 32.8 Å². The number of hydrogen-bond acceptors (Lipinski definition) is 3. The third-order valence-electron chi connectivity index (χ3n) is 3.22. The van der Waals surface area contributed by atoms with E-state index < -0.39 is 5.60 Å². The molecule has 0 aromatic heterocycles. The lowest BCUT2D eigenvalue weighted by atomic mass is 9.68. The van der Waals surface area contributed by atoms with Crippen LogP contribution < -0.4 is 5.73 Å². The maximum atomic E-state index is 10.5. The molecular weight excluding hydrogens is 166 g/mol. The topological polar surface area (TPSA) is 55.5 Å². The van der Waals surface area contributed by atoms with Gasteiger partial charge >= 0.3 is 0 Å². The first-order chi connectivity index (χ1) is 5.92. The minimum atomic E-state index is -0.788. The van der Waals surface area contributed by atoms with Crippen LogP contribution in [0, 0.1) is 11.3 Å². The van der Waals surface area contributed by atoms with Crippen LogP contribution in [0.15, 0.2) is 0 Å². The van der Waals surface area contributed by atoms with Crippen molar-refractivity contribution < 1.29 is 9.84 Å². The molecule has 2 unspecified atom stereocenters. The van der Waals surface area contributed by atoms with Crippen molar-refractivity contribution in [2.75, 3.05) is 19.8 Å². The molecule has 1 fully saturated rings. The molecule has 1 rings (SSSR count). The van der Waals surface area contributed by atoms with E-state index >= 15 is 0 Å². The molecule has 0 aliphatic carbocycles. The minimum absolute atomic E-state index is 0.180. The van der Waals surface area contributed by atoms with Crippen LogP contribution in [-0.4, -0.2) is 30.5 Å². The Kier molecular flexibility index (Phi) is 3.00. The molecule has 0 radical (unpaired) electrons. The van der Waals surface area contributed by atoms with E-state index in [1.807, 2.05) is 20.8 Å². The fourth-order valence-corrected chi connectivity index (χ4v) is 2.00. The summed E-state index contributed by atoms with van der Waals surface area (Å²) in [5.74, 6) is 0.192. The zero-order valence-corrected chi connectivity index (χ0v) is 8.84. The highest BCUT2D eigenvalue weighted by Gasteiger charge is 2.46. The molecule has 0 spiro atoms. The van der Waals surface area contributed by atoms with Crippen LogP contribution in [-0.2, 0) is 4.74 Å². The largest absolute Gasteiger partial charge is 0.388 e. The standard InChI is InChI=1S/C10H21NO2/c1-9(2,3)10(12,7-11)8-4-5-13-6-8/h8,12H,4-7,11H2,1-3H3. The molecule has 1 aliphatic rings. The number of ether oxygens (including phenoxy) is 1. The second-order valence-corrected chi connectivity index (χ2v) is 4.94. The Morgan fingerprint density at radius 1 is 1.46 bits per heavy atom. The SMILES string of the molecule is CC(C)(C)C(O)(CN)C1CCOC1. The summed E-state index contributed by atoms with van der Waals surface area (Å²) in [5, 5.41) is 10.5. The van der Waals surface area contributed by atoms with Crippen LogP contribution in [0.4, 0.5) is 0 Å². The van der Waals surface area contributed by atoms with Crippen LogP contribution in [0.1, 0.15) is 27.2 Å². The molecule has 3 nitrogen and oxygen atoms in total. The Balaban J connectivity index is 2.79. The highest BCUT2D eigenvalue weighted by molar-refractivity contribution is 4.98. The summed E-state index contributed by atoms with van der Waals surface area (Å²) in [6.45, 7) is 7.78. The van der Waals surface area contributed by atoms with Gasteiger partial charge in [0.25, 0.3) is 0 Å². The van der Waals surface area contributed by atoms with Crippen LogP contribution in [0.2, 0.25) is 0 Å². The molecule has 1 aliphatic heterocycles. The average molecular weight is 187 g/mol. The highest BCUT2D eigenvalue weighted by atomic mass is 16.5. The zero-order valence-electron chi connectivity index (χ0n) is 8.84. The fraction of sp³-hybridized carbons (Fsp3) is 1.00.